The lowest BCUT2D eigenvalue weighted by Crippen LogP contribution is -2.30. The maximum Gasteiger partial charge on any atom is 0.254 e. The second-order valence-electron chi connectivity index (χ2n) is 4.75. The molecule has 0 fully saturated rings. The molecule has 1 aliphatic rings. The number of benzene rings is 1. The highest BCUT2D eigenvalue weighted by Crippen LogP contribution is 2.37. The van der Waals surface area contributed by atoms with Gasteiger partial charge in [-0.05, 0) is 30.2 Å². The Kier molecular flexibility index (Phi) is 3.72. The van der Waals surface area contributed by atoms with E-state index in [1.54, 1.807) is 35.9 Å². The number of carbonyl (C=O) groups excluding carboxylic acids is 1. The van der Waals surface area contributed by atoms with Gasteiger partial charge in [-0.25, -0.2) is 0 Å². The van der Waals surface area contributed by atoms with Crippen LogP contribution in [-0.2, 0) is 7.05 Å². The van der Waals surface area contributed by atoms with Gasteiger partial charge in [0.2, 0.25) is 0 Å². The highest BCUT2D eigenvalue weighted by atomic mass is 35.5. The van der Waals surface area contributed by atoms with Crippen molar-refractivity contribution in [2.45, 2.75) is 17.4 Å². The minimum Gasteiger partial charge on any atom is -0.345 e. The van der Waals surface area contributed by atoms with E-state index in [-0.39, 0.29) is 11.9 Å². The van der Waals surface area contributed by atoms with Crippen molar-refractivity contribution < 1.29 is 4.79 Å². The van der Waals surface area contributed by atoms with E-state index in [1.165, 1.54) is 4.90 Å². The number of carbonyl (C=O) groups is 1. The van der Waals surface area contributed by atoms with Gasteiger partial charge in [-0.3, -0.25) is 9.48 Å². The Hall–Kier alpha value is -1.46. The van der Waals surface area contributed by atoms with Gasteiger partial charge in [0, 0.05) is 28.9 Å². The molecule has 2 aromatic rings. The van der Waals surface area contributed by atoms with Gasteiger partial charge in [-0.1, -0.05) is 11.6 Å². The first-order valence-corrected chi connectivity index (χ1v) is 7.71. The van der Waals surface area contributed by atoms with Crippen LogP contribution >= 0.6 is 23.4 Å². The van der Waals surface area contributed by atoms with Gasteiger partial charge in [0.1, 0.15) is 0 Å². The SMILES string of the molecule is Cn1cc(C(=O)NC2CCSc3ccc(Cl)cc32)cn1. The van der Waals surface area contributed by atoms with E-state index in [4.69, 9.17) is 11.6 Å². The number of amides is 1. The number of nitrogens with zero attached hydrogens (tertiary/aromatic N) is 2. The molecule has 1 amide bonds. The molecule has 0 radical (unpaired) electrons. The molecule has 0 aliphatic carbocycles. The molecule has 3 rings (SSSR count). The van der Waals surface area contributed by atoms with Crippen LogP contribution < -0.4 is 5.32 Å². The van der Waals surface area contributed by atoms with Crippen molar-refractivity contribution in [1.82, 2.24) is 15.1 Å². The standard InChI is InChI=1S/C14H14ClN3OS/c1-18-8-9(7-16-18)14(19)17-12-4-5-20-13-3-2-10(15)6-11(12)13/h2-3,6-8,12H,4-5H2,1H3,(H,17,19). The number of fused-ring (bicyclic) bond motifs is 1. The summed E-state index contributed by atoms with van der Waals surface area (Å²) in [6, 6.07) is 5.86. The number of hydrogen-bond donors (Lipinski definition) is 1. The number of nitrogens with one attached hydrogen (secondary N) is 1. The summed E-state index contributed by atoms with van der Waals surface area (Å²) in [5.41, 5.74) is 1.68. The van der Waals surface area contributed by atoms with Crippen molar-refractivity contribution in [2.75, 3.05) is 5.75 Å². The number of hydrogen-bond acceptors (Lipinski definition) is 3. The first-order chi connectivity index (χ1) is 9.63. The van der Waals surface area contributed by atoms with Crippen LogP contribution in [-0.4, -0.2) is 21.4 Å². The number of thioether (sulfide) groups is 1. The van der Waals surface area contributed by atoms with Crippen molar-refractivity contribution in [1.29, 1.82) is 0 Å². The molecule has 4 nitrogen and oxygen atoms in total. The minimum atomic E-state index is -0.0964. The van der Waals surface area contributed by atoms with E-state index in [1.807, 2.05) is 18.2 Å². The zero-order chi connectivity index (χ0) is 14.1. The smallest absolute Gasteiger partial charge is 0.254 e. The van der Waals surface area contributed by atoms with Crippen LogP contribution in [0, 0.1) is 0 Å². The van der Waals surface area contributed by atoms with Crippen LogP contribution in [0.2, 0.25) is 5.02 Å². The van der Waals surface area contributed by atoms with E-state index in [0.29, 0.717) is 10.6 Å². The molecule has 1 N–H and O–H groups in total. The second-order valence-corrected chi connectivity index (χ2v) is 6.32. The monoisotopic (exact) mass is 307 g/mol. The Morgan fingerprint density at radius 3 is 3.15 bits per heavy atom. The molecule has 1 aliphatic heterocycles. The Morgan fingerprint density at radius 2 is 2.40 bits per heavy atom. The lowest BCUT2D eigenvalue weighted by Gasteiger charge is -2.26. The van der Waals surface area contributed by atoms with E-state index in [2.05, 4.69) is 10.4 Å². The Labute approximate surface area is 126 Å². The topological polar surface area (TPSA) is 46.9 Å². The molecule has 0 saturated carbocycles. The van der Waals surface area contributed by atoms with Crippen molar-refractivity contribution >= 4 is 29.3 Å². The summed E-state index contributed by atoms with van der Waals surface area (Å²) in [4.78, 5) is 13.4. The predicted molar refractivity (Wildman–Crippen MR) is 80.2 cm³/mol. The summed E-state index contributed by atoms with van der Waals surface area (Å²) in [6.07, 6.45) is 4.20. The summed E-state index contributed by atoms with van der Waals surface area (Å²) in [6.45, 7) is 0. The van der Waals surface area contributed by atoms with E-state index in [0.717, 1.165) is 17.7 Å². The van der Waals surface area contributed by atoms with Crippen LogP contribution in [0.1, 0.15) is 28.4 Å². The molecule has 1 aromatic heterocycles. The van der Waals surface area contributed by atoms with Gasteiger partial charge >= 0.3 is 0 Å². The van der Waals surface area contributed by atoms with Crippen molar-refractivity contribution in [3.8, 4) is 0 Å². The van der Waals surface area contributed by atoms with E-state index in [9.17, 15) is 4.79 Å². The maximum absolute atomic E-state index is 12.2. The predicted octanol–water partition coefficient (Wildman–Crippen LogP) is 3.04. The molecule has 0 bridgehead atoms. The molecule has 1 atom stereocenters. The third-order valence-electron chi connectivity index (χ3n) is 3.28. The maximum atomic E-state index is 12.2. The number of rotatable bonds is 2. The molecule has 1 aromatic carbocycles. The lowest BCUT2D eigenvalue weighted by molar-refractivity contribution is 0.0935. The first-order valence-electron chi connectivity index (χ1n) is 6.35. The lowest BCUT2D eigenvalue weighted by atomic mass is 10.0. The summed E-state index contributed by atoms with van der Waals surface area (Å²) in [5.74, 6) is 0.896. The molecule has 0 spiro atoms. The molecule has 1 unspecified atom stereocenters. The van der Waals surface area contributed by atoms with Gasteiger partial charge in [0.25, 0.3) is 5.91 Å². The van der Waals surface area contributed by atoms with Crippen molar-refractivity contribution in [2.24, 2.45) is 7.05 Å². The molecule has 6 heteroatoms. The molecular formula is C14H14ClN3OS. The fraction of sp³-hybridized carbons (Fsp3) is 0.286. The highest BCUT2D eigenvalue weighted by molar-refractivity contribution is 7.99. The minimum absolute atomic E-state index is 0.0117. The average Bonchev–Trinajstić information content (AvgIpc) is 2.86. The van der Waals surface area contributed by atoms with Crippen LogP contribution in [0.15, 0.2) is 35.5 Å². The van der Waals surface area contributed by atoms with Crippen molar-refractivity contribution in [3.05, 3.63) is 46.7 Å². The number of halogens is 1. The van der Waals surface area contributed by atoms with E-state index >= 15 is 0 Å². The van der Waals surface area contributed by atoms with Gasteiger partial charge < -0.3 is 5.32 Å². The van der Waals surface area contributed by atoms with Crippen LogP contribution in [0.4, 0.5) is 0 Å². The Bertz CT molecular complexity index is 656. The molecule has 20 heavy (non-hydrogen) atoms. The van der Waals surface area contributed by atoms with Crippen molar-refractivity contribution in [3.63, 3.8) is 0 Å². The third kappa shape index (κ3) is 2.69. The van der Waals surface area contributed by atoms with Gasteiger partial charge in [-0.2, -0.15) is 5.10 Å². The normalized spacial score (nSPS) is 17.6. The van der Waals surface area contributed by atoms with Crippen LogP contribution in [0.3, 0.4) is 0 Å². The van der Waals surface area contributed by atoms with E-state index < -0.39 is 0 Å². The first kappa shape index (κ1) is 13.5. The summed E-state index contributed by atoms with van der Waals surface area (Å²) in [5, 5.41) is 7.79. The largest absolute Gasteiger partial charge is 0.345 e. The fourth-order valence-corrected chi connectivity index (χ4v) is 3.58. The van der Waals surface area contributed by atoms with Crippen LogP contribution in [0.25, 0.3) is 0 Å². The number of aromatic nitrogens is 2. The number of aryl methyl sites for hydroxylation is 1. The Balaban J connectivity index is 1.82. The average molecular weight is 308 g/mol. The molecule has 2 heterocycles. The van der Waals surface area contributed by atoms with Gasteiger partial charge in [0.15, 0.2) is 0 Å². The summed E-state index contributed by atoms with van der Waals surface area (Å²) in [7, 11) is 1.79. The summed E-state index contributed by atoms with van der Waals surface area (Å²) >= 11 is 7.87. The molecule has 0 saturated heterocycles. The molecular weight excluding hydrogens is 294 g/mol. The van der Waals surface area contributed by atoms with Gasteiger partial charge in [-0.15, -0.1) is 11.8 Å². The highest BCUT2D eigenvalue weighted by Gasteiger charge is 2.23. The fourth-order valence-electron chi connectivity index (χ4n) is 2.30. The summed E-state index contributed by atoms with van der Waals surface area (Å²) < 4.78 is 1.62. The van der Waals surface area contributed by atoms with Gasteiger partial charge in [0.05, 0.1) is 17.8 Å². The quantitative estimate of drug-likeness (QED) is 0.927. The molecule has 104 valence electrons. The zero-order valence-electron chi connectivity index (χ0n) is 11.0. The zero-order valence-corrected chi connectivity index (χ0v) is 12.5. The second kappa shape index (κ2) is 5.50. The van der Waals surface area contributed by atoms with Crippen LogP contribution in [0.5, 0.6) is 0 Å². The Morgan fingerprint density at radius 1 is 1.55 bits per heavy atom. The third-order valence-corrected chi connectivity index (χ3v) is 4.64.